The molecule has 1 saturated heterocycles. The van der Waals surface area contributed by atoms with Gasteiger partial charge in [-0.15, -0.1) is 0 Å². The standard InChI is InChI=1S/C24H24O10/c1-14(25)30-13-18-19(33-22(27)16-9-5-3-6-10-16)20(21(24(29)32-18)31-15(2)26)34-23(28)17-11-7-4-8-12-17/h3-12,18-21,24,29H,13H2,1-2H3/t18-,19+,20+,21-,24+/m1/s1. The minimum absolute atomic E-state index is 0.176. The first-order valence-corrected chi connectivity index (χ1v) is 10.4. The average Bonchev–Trinajstić information content (AvgIpc) is 2.82. The van der Waals surface area contributed by atoms with E-state index in [1.807, 2.05) is 0 Å². The molecular weight excluding hydrogens is 448 g/mol. The monoisotopic (exact) mass is 472 g/mol. The van der Waals surface area contributed by atoms with E-state index in [9.17, 15) is 24.3 Å². The van der Waals surface area contributed by atoms with Crippen molar-refractivity contribution in [2.75, 3.05) is 6.61 Å². The molecule has 10 heteroatoms. The fourth-order valence-electron chi connectivity index (χ4n) is 3.35. The van der Waals surface area contributed by atoms with Gasteiger partial charge in [-0.2, -0.15) is 0 Å². The Bertz CT molecular complexity index is 1010. The van der Waals surface area contributed by atoms with Crippen LogP contribution in [0.2, 0.25) is 0 Å². The van der Waals surface area contributed by atoms with Crippen molar-refractivity contribution < 1.29 is 48.0 Å². The number of hydrogen-bond donors (Lipinski definition) is 1. The molecule has 0 bridgehead atoms. The maximum atomic E-state index is 12.8. The molecule has 3 rings (SSSR count). The van der Waals surface area contributed by atoms with Crippen molar-refractivity contribution in [3.05, 3.63) is 71.8 Å². The maximum Gasteiger partial charge on any atom is 0.338 e. The summed E-state index contributed by atoms with van der Waals surface area (Å²) >= 11 is 0. The van der Waals surface area contributed by atoms with E-state index in [4.69, 9.17) is 23.7 Å². The van der Waals surface area contributed by atoms with Gasteiger partial charge in [0, 0.05) is 13.8 Å². The van der Waals surface area contributed by atoms with Gasteiger partial charge in [-0.25, -0.2) is 9.59 Å². The molecule has 1 heterocycles. The van der Waals surface area contributed by atoms with E-state index in [1.165, 1.54) is 31.2 Å². The zero-order valence-electron chi connectivity index (χ0n) is 18.5. The Labute approximate surface area is 195 Å². The lowest BCUT2D eigenvalue weighted by Crippen LogP contribution is -2.62. The number of esters is 4. The second kappa shape index (κ2) is 11.4. The van der Waals surface area contributed by atoms with Gasteiger partial charge in [0.2, 0.25) is 0 Å². The van der Waals surface area contributed by atoms with Crippen molar-refractivity contribution in [1.29, 1.82) is 0 Å². The predicted octanol–water partition coefficient (Wildman–Crippen LogP) is 1.65. The van der Waals surface area contributed by atoms with Crippen LogP contribution in [0.15, 0.2) is 60.7 Å². The van der Waals surface area contributed by atoms with Gasteiger partial charge in [0.15, 0.2) is 24.6 Å². The summed E-state index contributed by atoms with van der Waals surface area (Å²) in [5.41, 5.74) is 0.367. The van der Waals surface area contributed by atoms with Crippen LogP contribution in [-0.2, 0) is 33.3 Å². The molecule has 34 heavy (non-hydrogen) atoms. The van der Waals surface area contributed by atoms with Crippen LogP contribution in [0.1, 0.15) is 34.6 Å². The second-order valence-corrected chi connectivity index (χ2v) is 7.41. The highest BCUT2D eigenvalue weighted by Gasteiger charge is 2.52. The van der Waals surface area contributed by atoms with E-state index in [0.29, 0.717) is 0 Å². The summed E-state index contributed by atoms with van der Waals surface area (Å²) in [6.45, 7) is 1.84. The Morgan fingerprint density at radius 3 is 1.71 bits per heavy atom. The fraction of sp³-hybridized carbons (Fsp3) is 0.333. The number of rotatable bonds is 7. The molecule has 0 aliphatic carbocycles. The molecule has 2 aromatic carbocycles. The lowest BCUT2D eigenvalue weighted by atomic mass is 9.98. The van der Waals surface area contributed by atoms with Crippen molar-refractivity contribution in [3.8, 4) is 0 Å². The first-order chi connectivity index (χ1) is 16.3. The van der Waals surface area contributed by atoms with Crippen LogP contribution in [-0.4, -0.2) is 66.3 Å². The van der Waals surface area contributed by atoms with Crippen LogP contribution in [0.5, 0.6) is 0 Å². The van der Waals surface area contributed by atoms with E-state index < -0.39 is 61.2 Å². The van der Waals surface area contributed by atoms with Gasteiger partial charge >= 0.3 is 23.9 Å². The third-order valence-corrected chi connectivity index (χ3v) is 4.87. The minimum Gasteiger partial charge on any atom is -0.463 e. The number of benzene rings is 2. The van der Waals surface area contributed by atoms with E-state index in [0.717, 1.165) is 6.92 Å². The van der Waals surface area contributed by atoms with Gasteiger partial charge in [0.1, 0.15) is 12.7 Å². The molecule has 10 nitrogen and oxygen atoms in total. The summed E-state index contributed by atoms with van der Waals surface area (Å²) in [4.78, 5) is 48.7. The predicted molar refractivity (Wildman–Crippen MR) is 114 cm³/mol. The molecule has 2 aromatic rings. The zero-order chi connectivity index (χ0) is 24.7. The van der Waals surface area contributed by atoms with Gasteiger partial charge in [-0.05, 0) is 24.3 Å². The van der Waals surface area contributed by atoms with Crippen molar-refractivity contribution in [2.24, 2.45) is 0 Å². The zero-order valence-corrected chi connectivity index (χ0v) is 18.5. The molecular formula is C24H24O10. The van der Waals surface area contributed by atoms with Crippen molar-refractivity contribution >= 4 is 23.9 Å². The molecule has 1 aliphatic rings. The second-order valence-electron chi connectivity index (χ2n) is 7.41. The van der Waals surface area contributed by atoms with Gasteiger partial charge in [-0.1, -0.05) is 36.4 Å². The first-order valence-electron chi connectivity index (χ1n) is 10.4. The molecule has 1 N–H and O–H groups in total. The smallest absolute Gasteiger partial charge is 0.338 e. The number of hydrogen-bond acceptors (Lipinski definition) is 10. The quantitative estimate of drug-likeness (QED) is 0.468. The van der Waals surface area contributed by atoms with Gasteiger partial charge in [0.25, 0.3) is 0 Å². The Morgan fingerprint density at radius 1 is 0.735 bits per heavy atom. The molecule has 0 spiro atoms. The van der Waals surface area contributed by atoms with Crippen LogP contribution >= 0.6 is 0 Å². The van der Waals surface area contributed by atoms with Crippen LogP contribution in [0, 0.1) is 0 Å². The number of ether oxygens (including phenoxy) is 5. The molecule has 5 atom stereocenters. The first kappa shape index (κ1) is 24.9. The number of aliphatic hydroxyl groups is 1. The topological polar surface area (TPSA) is 135 Å². The van der Waals surface area contributed by atoms with Gasteiger partial charge in [-0.3, -0.25) is 9.59 Å². The third kappa shape index (κ3) is 6.40. The summed E-state index contributed by atoms with van der Waals surface area (Å²) < 4.78 is 26.8. The van der Waals surface area contributed by atoms with Crippen LogP contribution < -0.4 is 0 Å². The molecule has 1 fully saturated rings. The molecule has 0 unspecified atom stereocenters. The fourth-order valence-corrected chi connectivity index (χ4v) is 3.35. The molecule has 0 radical (unpaired) electrons. The SMILES string of the molecule is CC(=O)OC[C@H]1O[C@H](O)[C@H](OC(C)=O)[C@@H](OC(=O)c2ccccc2)[C@H]1OC(=O)c1ccccc1. The van der Waals surface area contributed by atoms with E-state index >= 15 is 0 Å². The van der Waals surface area contributed by atoms with Crippen LogP contribution in [0.25, 0.3) is 0 Å². The summed E-state index contributed by atoms with van der Waals surface area (Å²) in [6, 6.07) is 15.9. The van der Waals surface area contributed by atoms with Gasteiger partial charge < -0.3 is 28.8 Å². The number of carbonyl (C=O) groups is 4. The van der Waals surface area contributed by atoms with Crippen molar-refractivity contribution in [2.45, 2.75) is 44.6 Å². The highest BCUT2D eigenvalue weighted by molar-refractivity contribution is 5.90. The lowest BCUT2D eigenvalue weighted by Gasteiger charge is -2.42. The molecule has 0 saturated carbocycles. The highest BCUT2D eigenvalue weighted by atomic mass is 16.7. The summed E-state index contributed by atoms with van der Waals surface area (Å²) in [6.07, 6.45) is -7.38. The van der Waals surface area contributed by atoms with E-state index in [2.05, 4.69) is 0 Å². The Morgan fingerprint density at radius 2 is 1.24 bits per heavy atom. The molecule has 180 valence electrons. The lowest BCUT2D eigenvalue weighted by molar-refractivity contribution is -0.289. The number of carbonyl (C=O) groups excluding carboxylic acids is 4. The van der Waals surface area contributed by atoms with Crippen molar-refractivity contribution in [3.63, 3.8) is 0 Å². The summed E-state index contributed by atoms with van der Waals surface area (Å²) in [5.74, 6) is -3.05. The summed E-state index contributed by atoms with van der Waals surface area (Å²) in [5, 5.41) is 10.5. The average molecular weight is 472 g/mol. The minimum atomic E-state index is -1.76. The normalized spacial score (nSPS) is 23.9. The third-order valence-electron chi connectivity index (χ3n) is 4.87. The maximum absolute atomic E-state index is 12.8. The molecule has 1 aliphatic heterocycles. The van der Waals surface area contributed by atoms with E-state index in [-0.39, 0.29) is 11.1 Å². The largest absolute Gasteiger partial charge is 0.463 e. The summed E-state index contributed by atoms with van der Waals surface area (Å²) in [7, 11) is 0. The van der Waals surface area contributed by atoms with Crippen molar-refractivity contribution in [1.82, 2.24) is 0 Å². The Balaban J connectivity index is 1.95. The van der Waals surface area contributed by atoms with Crippen LogP contribution in [0.4, 0.5) is 0 Å². The number of aliphatic hydroxyl groups excluding tert-OH is 1. The molecule has 0 aromatic heterocycles. The van der Waals surface area contributed by atoms with Gasteiger partial charge in [0.05, 0.1) is 11.1 Å². The van der Waals surface area contributed by atoms with Crippen LogP contribution in [0.3, 0.4) is 0 Å². The highest BCUT2D eigenvalue weighted by Crippen LogP contribution is 2.29. The Kier molecular flexibility index (Phi) is 8.34. The van der Waals surface area contributed by atoms with E-state index in [1.54, 1.807) is 36.4 Å². The molecule has 0 amide bonds. The Hall–Kier alpha value is -3.76.